The molecule has 0 saturated carbocycles. The van der Waals surface area contributed by atoms with Crippen molar-refractivity contribution in [1.29, 1.82) is 0 Å². The van der Waals surface area contributed by atoms with Crippen molar-refractivity contribution < 1.29 is 29.3 Å². The Morgan fingerprint density at radius 1 is 0.720 bits per heavy atom. The molecule has 1 aliphatic rings. The minimum atomic E-state index is -1.07. The fraction of sp³-hybridized carbons (Fsp3) is 0.154. The minimum Gasteiger partial charge on any atom is -0.478 e. The molecule has 1 fully saturated rings. The van der Waals surface area contributed by atoms with Gasteiger partial charge in [0.1, 0.15) is 47.5 Å². The van der Waals surface area contributed by atoms with Crippen molar-refractivity contribution in [2.45, 2.75) is 12.9 Å². The first-order valence-electron chi connectivity index (χ1n) is 12.1. The number of carbonyl (C=O) groups excluding carboxylic acids is 1. The van der Waals surface area contributed by atoms with Crippen molar-refractivity contribution in [2.24, 2.45) is 0 Å². The van der Waals surface area contributed by atoms with Crippen molar-refractivity contribution >= 4 is 172 Å². The van der Waals surface area contributed by atoms with Gasteiger partial charge in [-0.15, -0.1) is 0 Å². The molecule has 0 radical (unpaired) electrons. The lowest BCUT2D eigenvalue weighted by atomic mass is 10.2. The summed E-state index contributed by atoms with van der Waals surface area (Å²) in [7, 11) is 0.917. The van der Waals surface area contributed by atoms with Crippen LogP contribution < -0.4 is 0 Å². The standard InChI is InChI=1S/C8H7Cl2NO2.C6H3Cl2NO2.C6H5Cl2NO.C6H3Cl2NO.S3.S2.H2S/c9-6-3-5(4-7(10)11-6)8-12-1-2-13-8;7-4-1-3(6(10)11)2-5(8)9-4;2*7-5-1-4(3-10)2-6(8)9-5;1-3-2;1-2;/h3-4,8H,1-2H2;1-2H,(H,10,11);1-2,10H,3H2;1-3H;;;1H2. The topological polar surface area (TPSA) is 145 Å². The minimum absolute atomic E-state index is 0. The molecule has 0 amide bonds. The number of aromatic nitrogens is 4. The van der Waals surface area contributed by atoms with Crippen molar-refractivity contribution in [1.82, 2.24) is 19.9 Å². The molecule has 4 aromatic heterocycles. The van der Waals surface area contributed by atoms with Crippen LogP contribution in [0, 0.1) is 0 Å². The van der Waals surface area contributed by atoms with E-state index in [-0.39, 0.29) is 52.6 Å². The van der Waals surface area contributed by atoms with Gasteiger partial charge in [-0.1, -0.05) is 92.8 Å². The summed E-state index contributed by atoms with van der Waals surface area (Å²) in [4.78, 5) is 35.3. The van der Waals surface area contributed by atoms with Gasteiger partial charge in [0.25, 0.3) is 0 Å². The third-order valence-electron chi connectivity index (χ3n) is 4.62. The number of aromatic carboxylic acids is 1. The number of hydrogen-bond donors (Lipinski definition) is 2. The maximum Gasteiger partial charge on any atom is 0.335 e. The smallest absolute Gasteiger partial charge is 0.335 e. The van der Waals surface area contributed by atoms with Crippen LogP contribution in [-0.2, 0) is 69.7 Å². The van der Waals surface area contributed by atoms with E-state index in [2.05, 4.69) is 64.7 Å². The number of aliphatic hydroxyl groups excluding tert-OH is 1. The molecule has 50 heavy (non-hydrogen) atoms. The Hall–Kier alpha value is -0.610. The Balaban J connectivity index is 0. The van der Waals surface area contributed by atoms with Crippen LogP contribution in [0.5, 0.6) is 0 Å². The summed E-state index contributed by atoms with van der Waals surface area (Å²) in [6.45, 7) is 1.13. The second kappa shape index (κ2) is 29.8. The Morgan fingerprint density at radius 3 is 1.36 bits per heavy atom. The van der Waals surface area contributed by atoms with Crippen LogP contribution in [0.15, 0.2) is 48.5 Å². The molecule has 5 rings (SSSR count). The average molecular weight is 960 g/mol. The van der Waals surface area contributed by atoms with E-state index in [0.29, 0.717) is 51.2 Å². The van der Waals surface area contributed by atoms with E-state index in [1.54, 1.807) is 24.3 Å². The summed E-state index contributed by atoms with van der Waals surface area (Å²) in [5, 5.41) is 19.1. The Labute approximate surface area is 356 Å². The summed E-state index contributed by atoms with van der Waals surface area (Å²) in [6.07, 6.45) is 0.317. The van der Waals surface area contributed by atoms with Crippen LogP contribution in [-0.4, -0.2) is 55.6 Å². The summed E-state index contributed by atoms with van der Waals surface area (Å²) in [5.74, 6) is -1.07. The Morgan fingerprint density at radius 2 is 1.04 bits per heavy atom. The van der Waals surface area contributed by atoms with Crippen molar-refractivity contribution in [2.75, 3.05) is 13.2 Å². The second-order valence-electron chi connectivity index (χ2n) is 7.94. The first kappa shape index (κ1) is 51.5. The molecule has 1 saturated heterocycles. The van der Waals surface area contributed by atoms with Crippen LogP contribution in [0.25, 0.3) is 0 Å². The first-order chi connectivity index (χ1) is 23.2. The van der Waals surface area contributed by atoms with E-state index in [4.69, 9.17) is 112 Å². The second-order valence-corrected chi connectivity index (χ2v) is 12.8. The molecule has 10 nitrogen and oxygen atoms in total. The molecule has 0 aromatic carbocycles. The summed E-state index contributed by atoms with van der Waals surface area (Å²) < 4.78 is 10.6. The van der Waals surface area contributed by atoms with Gasteiger partial charge < -0.3 is 19.7 Å². The van der Waals surface area contributed by atoms with Gasteiger partial charge in [-0.3, -0.25) is 4.79 Å². The van der Waals surface area contributed by atoms with Gasteiger partial charge in [0.2, 0.25) is 0 Å². The zero-order valence-corrected chi connectivity index (χ0v) is 35.4. The lowest BCUT2D eigenvalue weighted by Crippen LogP contribution is -1.98. The predicted octanol–water partition coefficient (Wildman–Crippen LogP) is 8.70. The Kier molecular flexibility index (Phi) is 30.7. The quantitative estimate of drug-likeness (QED) is 0.149. The van der Waals surface area contributed by atoms with Crippen LogP contribution in [0.3, 0.4) is 0 Å². The highest BCUT2D eigenvalue weighted by Gasteiger charge is 2.19. The lowest BCUT2D eigenvalue weighted by molar-refractivity contribution is -0.0441. The van der Waals surface area contributed by atoms with Gasteiger partial charge in [0.05, 0.1) is 25.4 Å². The molecule has 2 N–H and O–H groups in total. The van der Waals surface area contributed by atoms with Crippen molar-refractivity contribution in [3.05, 3.63) is 112 Å². The van der Waals surface area contributed by atoms with Crippen molar-refractivity contribution in [3.63, 3.8) is 0 Å². The zero-order chi connectivity index (χ0) is 37.5. The van der Waals surface area contributed by atoms with Gasteiger partial charge in [-0.25, -0.2) is 24.7 Å². The molecule has 0 bridgehead atoms. The van der Waals surface area contributed by atoms with Crippen LogP contribution in [0.4, 0.5) is 0 Å². The zero-order valence-electron chi connectivity index (χ0n) is 24.3. The third kappa shape index (κ3) is 23.1. The van der Waals surface area contributed by atoms with Crippen LogP contribution >= 0.6 is 106 Å². The molecule has 0 atom stereocenters. The number of carboxylic acid groups (broad SMARTS) is 1. The maximum absolute atomic E-state index is 10.4. The number of aldehydes is 1. The van der Waals surface area contributed by atoms with E-state index in [1.165, 1.54) is 24.3 Å². The van der Waals surface area contributed by atoms with Crippen molar-refractivity contribution in [3.8, 4) is 0 Å². The number of rotatable bonds is 4. The van der Waals surface area contributed by atoms with E-state index >= 15 is 0 Å². The summed E-state index contributed by atoms with van der Waals surface area (Å²) in [6, 6.07) is 11.8. The molecular weight excluding hydrogens is 940 g/mol. The number of aliphatic hydroxyl groups is 1. The molecular formula is C26H20Cl8N4O6S6. The highest BCUT2D eigenvalue weighted by Crippen LogP contribution is 2.26. The molecule has 0 unspecified atom stereocenters. The van der Waals surface area contributed by atoms with E-state index < -0.39 is 5.97 Å². The summed E-state index contributed by atoms with van der Waals surface area (Å²) in [5.41, 5.74) is 1.95. The van der Waals surface area contributed by atoms with Crippen LogP contribution in [0.1, 0.15) is 38.1 Å². The molecule has 0 spiro atoms. The van der Waals surface area contributed by atoms with Gasteiger partial charge in [-0.2, -0.15) is 13.5 Å². The first-order valence-corrected chi connectivity index (χ1v) is 19.2. The maximum atomic E-state index is 10.4. The Bertz CT molecular complexity index is 1630. The molecule has 1 aliphatic heterocycles. The van der Waals surface area contributed by atoms with Gasteiger partial charge >= 0.3 is 5.97 Å². The number of carbonyl (C=O) groups is 2. The monoisotopic (exact) mass is 956 g/mol. The molecule has 4 aromatic rings. The highest BCUT2D eigenvalue weighted by atomic mass is 35.5. The number of hydrogen-bond acceptors (Lipinski definition) is 13. The molecule has 0 aliphatic carbocycles. The van der Waals surface area contributed by atoms with Gasteiger partial charge in [0, 0.05) is 64.8 Å². The fourth-order valence-corrected chi connectivity index (χ4v) is 4.84. The highest BCUT2D eigenvalue weighted by molar-refractivity contribution is 8.37. The number of carboxylic acids is 1. The fourth-order valence-electron chi connectivity index (χ4n) is 2.92. The largest absolute Gasteiger partial charge is 0.478 e. The average Bonchev–Trinajstić information content (AvgIpc) is 3.57. The van der Waals surface area contributed by atoms with E-state index in [0.717, 1.165) is 14.4 Å². The van der Waals surface area contributed by atoms with Gasteiger partial charge in [-0.05, 0) is 54.1 Å². The number of pyridine rings is 4. The summed E-state index contributed by atoms with van der Waals surface area (Å²) >= 11 is 59.9. The van der Waals surface area contributed by atoms with Crippen LogP contribution in [0.2, 0.25) is 41.2 Å². The number of ether oxygens (including phenoxy) is 2. The van der Waals surface area contributed by atoms with E-state index in [1.807, 2.05) is 0 Å². The third-order valence-corrected chi connectivity index (χ3v) is 6.16. The SMILES string of the molecule is Clc1cc(C2OCCO2)cc(Cl)n1.O=C(O)c1cc(Cl)nc(Cl)c1.O=Cc1cc(Cl)nc(Cl)c1.OCc1cc(Cl)nc(Cl)c1.S.S=S.S=S=S. The lowest BCUT2D eigenvalue weighted by Gasteiger charge is -2.09. The normalized spacial score (nSPS) is 11.0. The molecule has 272 valence electrons. The molecule has 5 heterocycles. The van der Waals surface area contributed by atoms with E-state index in [9.17, 15) is 9.59 Å². The van der Waals surface area contributed by atoms with Gasteiger partial charge in [0.15, 0.2) is 6.29 Å². The number of halogens is 8. The number of nitrogens with zero attached hydrogens (tertiary/aromatic N) is 4. The predicted molar refractivity (Wildman–Crippen MR) is 217 cm³/mol. The molecule has 24 heteroatoms.